The van der Waals surface area contributed by atoms with Crippen molar-refractivity contribution in [3.63, 3.8) is 0 Å². The van der Waals surface area contributed by atoms with Crippen LogP contribution in [-0.2, 0) is 6.42 Å². The molecule has 4 rings (SSSR count). The van der Waals surface area contributed by atoms with Crippen LogP contribution in [0, 0.1) is 0 Å². The summed E-state index contributed by atoms with van der Waals surface area (Å²) < 4.78 is 7.17. The average Bonchev–Trinajstić information content (AvgIpc) is 2.73. The zero-order valence-corrected chi connectivity index (χ0v) is 18.4. The van der Waals surface area contributed by atoms with E-state index in [0.29, 0.717) is 6.42 Å². The molecular weight excluding hydrogens is 372 g/mol. The van der Waals surface area contributed by atoms with E-state index >= 15 is 0 Å². The molecule has 0 bridgehead atoms. The summed E-state index contributed by atoms with van der Waals surface area (Å²) in [5, 5.41) is 2.40. The number of carbonyl (C=O) groups is 1. The van der Waals surface area contributed by atoms with E-state index in [0.717, 1.165) is 29.7 Å². The van der Waals surface area contributed by atoms with E-state index in [4.69, 9.17) is 4.43 Å². The molecule has 1 aliphatic rings. The van der Waals surface area contributed by atoms with Gasteiger partial charge >= 0.3 is 8.32 Å². The smallest absolute Gasteiger partial charge is 0.319 e. The van der Waals surface area contributed by atoms with Gasteiger partial charge in [-0.25, -0.2) is 0 Å². The molecule has 0 unspecified atom stereocenters. The standard InChI is InChI=1S/C26H28O2Si/c1-26(2,3)29(20-12-6-4-7-13-20,21-14-8-5-9-15-21)28-25-19-11-16-22-23(25)17-10-18-24(22)27/h4-9,11-16,19H,10,17-18H2,1-3H3. The van der Waals surface area contributed by atoms with Crippen LogP contribution in [0.15, 0.2) is 78.9 Å². The number of hydrogen-bond acceptors (Lipinski definition) is 2. The van der Waals surface area contributed by atoms with E-state index in [9.17, 15) is 4.79 Å². The first kappa shape index (κ1) is 19.7. The molecule has 3 aromatic carbocycles. The first-order valence-corrected chi connectivity index (χ1v) is 12.3. The van der Waals surface area contributed by atoms with Gasteiger partial charge in [0.25, 0.3) is 0 Å². The lowest BCUT2D eigenvalue weighted by Crippen LogP contribution is -2.69. The molecule has 0 heterocycles. The van der Waals surface area contributed by atoms with E-state index in [2.05, 4.69) is 87.5 Å². The minimum Gasteiger partial charge on any atom is -0.534 e. The predicted molar refractivity (Wildman–Crippen MR) is 122 cm³/mol. The van der Waals surface area contributed by atoms with Crippen LogP contribution in [0.25, 0.3) is 0 Å². The van der Waals surface area contributed by atoms with Crippen LogP contribution in [0.1, 0.15) is 49.5 Å². The second kappa shape index (κ2) is 7.64. The molecule has 0 fully saturated rings. The van der Waals surface area contributed by atoms with Crippen LogP contribution in [0.2, 0.25) is 5.04 Å². The SMILES string of the molecule is CC(C)(C)[Si](Oc1cccc2c1CCCC2=O)(c1ccccc1)c1ccccc1. The molecule has 0 aromatic heterocycles. The molecule has 148 valence electrons. The van der Waals surface area contributed by atoms with E-state index in [1.54, 1.807) is 0 Å². The lowest BCUT2D eigenvalue weighted by Gasteiger charge is -2.43. The van der Waals surface area contributed by atoms with Crippen molar-refractivity contribution in [2.75, 3.05) is 0 Å². The summed E-state index contributed by atoms with van der Waals surface area (Å²) in [4.78, 5) is 12.5. The van der Waals surface area contributed by atoms with Crippen molar-refractivity contribution in [3.05, 3.63) is 90.0 Å². The van der Waals surface area contributed by atoms with Gasteiger partial charge in [-0.3, -0.25) is 4.79 Å². The maximum atomic E-state index is 12.5. The molecule has 3 heteroatoms. The Hall–Kier alpha value is -2.65. The van der Waals surface area contributed by atoms with Gasteiger partial charge in [0.15, 0.2) is 5.78 Å². The van der Waals surface area contributed by atoms with Crippen LogP contribution in [0.5, 0.6) is 5.75 Å². The highest BCUT2D eigenvalue weighted by Crippen LogP contribution is 2.39. The minimum absolute atomic E-state index is 0.100. The number of hydrogen-bond donors (Lipinski definition) is 0. The van der Waals surface area contributed by atoms with Crippen LogP contribution >= 0.6 is 0 Å². The van der Waals surface area contributed by atoms with Crippen molar-refractivity contribution in [1.82, 2.24) is 0 Å². The van der Waals surface area contributed by atoms with E-state index < -0.39 is 8.32 Å². The van der Waals surface area contributed by atoms with Gasteiger partial charge in [-0.15, -0.1) is 0 Å². The summed E-state index contributed by atoms with van der Waals surface area (Å²) in [6.07, 6.45) is 2.43. The summed E-state index contributed by atoms with van der Waals surface area (Å²) >= 11 is 0. The topological polar surface area (TPSA) is 26.3 Å². The maximum absolute atomic E-state index is 12.5. The molecule has 0 amide bonds. The van der Waals surface area contributed by atoms with Crippen LogP contribution in [0.3, 0.4) is 0 Å². The lowest BCUT2D eigenvalue weighted by molar-refractivity contribution is 0.0972. The number of fused-ring (bicyclic) bond motifs is 1. The van der Waals surface area contributed by atoms with Crippen molar-refractivity contribution in [3.8, 4) is 5.75 Å². The first-order valence-electron chi connectivity index (χ1n) is 10.4. The van der Waals surface area contributed by atoms with Gasteiger partial charge in [-0.05, 0) is 34.3 Å². The second-order valence-electron chi connectivity index (χ2n) is 8.82. The summed E-state index contributed by atoms with van der Waals surface area (Å²) in [5.74, 6) is 1.11. The molecule has 29 heavy (non-hydrogen) atoms. The zero-order chi connectivity index (χ0) is 20.5. The lowest BCUT2D eigenvalue weighted by atomic mass is 9.90. The van der Waals surface area contributed by atoms with Crippen LogP contribution < -0.4 is 14.8 Å². The van der Waals surface area contributed by atoms with E-state index in [1.165, 1.54) is 10.4 Å². The van der Waals surface area contributed by atoms with Gasteiger partial charge in [0, 0.05) is 17.5 Å². The number of benzene rings is 3. The highest BCUT2D eigenvalue weighted by Gasteiger charge is 2.52. The Labute approximate surface area is 174 Å². The van der Waals surface area contributed by atoms with Gasteiger partial charge in [0.05, 0.1) is 0 Å². The molecule has 3 aromatic rings. The Morgan fingerprint density at radius 3 is 1.90 bits per heavy atom. The quantitative estimate of drug-likeness (QED) is 0.567. The van der Waals surface area contributed by atoms with Crippen molar-refractivity contribution >= 4 is 24.5 Å². The molecule has 0 aliphatic heterocycles. The monoisotopic (exact) mass is 400 g/mol. The maximum Gasteiger partial charge on any atom is 0.319 e. The predicted octanol–water partition coefficient (Wildman–Crippen LogP) is 5.14. The third-order valence-corrected chi connectivity index (χ3v) is 10.9. The third-order valence-electron chi connectivity index (χ3n) is 5.94. The third kappa shape index (κ3) is 3.44. The van der Waals surface area contributed by atoms with Gasteiger partial charge < -0.3 is 4.43 Å². The zero-order valence-electron chi connectivity index (χ0n) is 17.4. The van der Waals surface area contributed by atoms with Crippen molar-refractivity contribution in [1.29, 1.82) is 0 Å². The molecule has 0 radical (unpaired) electrons. The van der Waals surface area contributed by atoms with Gasteiger partial charge in [-0.2, -0.15) is 0 Å². The largest absolute Gasteiger partial charge is 0.534 e. The first-order chi connectivity index (χ1) is 13.9. The van der Waals surface area contributed by atoms with E-state index in [1.807, 2.05) is 12.1 Å². The van der Waals surface area contributed by atoms with Gasteiger partial charge in [-0.1, -0.05) is 93.6 Å². The molecule has 0 N–H and O–H groups in total. The molecule has 0 saturated heterocycles. The Kier molecular flexibility index (Phi) is 5.18. The molecule has 0 saturated carbocycles. The number of ketones is 1. The Balaban J connectivity index is 1.96. The molecular formula is C26H28O2Si. The summed E-state index contributed by atoms with van der Waals surface area (Å²) in [6, 6.07) is 27.3. The van der Waals surface area contributed by atoms with Crippen molar-refractivity contribution < 1.29 is 9.22 Å². The van der Waals surface area contributed by atoms with Crippen molar-refractivity contribution in [2.45, 2.75) is 45.1 Å². The normalized spacial score (nSPS) is 14.4. The van der Waals surface area contributed by atoms with Gasteiger partial charge in [0.2, 0.25) is 0 Å². The Bertz CT molecular complexity index is 964. The summed E-state index contributed by atoms with van der Waals surface area (Å²) in [6.45, 7) is 6.83. The summed E-state index contributed by atoms with van der Waals surface area (Å²) in [5.41, 5.74) is 1.92. The number of carbonyl (C=O) groups excluding carboxylic acids is 1. The van der Waals surface area contributed by atoms with E-state index in [-0.39, 0.29) is 10.8 Å². The minimum atomic E-state index is -2.68. The second-order valence-corrected chi connectivity index (χ2v) is 13.0. The summed E-state index contributed by atoms with van der Waals surface area (Å²) in [7, 11) is -2.68. The fourth-order valence-corrected chi connectivity index (χ4v) is 9.01. The molecule has 0 spiro atoms. The average molecular weight is 401 g/mol. The molecule has 1 aliphatic carbocycles. The fourth-order valence-electron chi connectivity index (χ4n) is 4.56. The Morgan fingerprint density at radius 1 is 0.759 bits per heavy atom. The fraction of sp³-hybridized carbons (Fsp3) is 0.269. The highest BCUT2D eigenvalue weighted by molar-refractivity contribution is 7.00. The van der Waals surface area contributed by atoms with Crippen LogP contribution in [0.4, 0.5) is 0 Å². The van der Waals surface area contributed by atoms with Crippen molar-refractivity contribution in [2.24, 2.45) is 0 Å². The van der Waals surface area contributed by atoms with Gasteiger partial charge in [0.1, 0.15) is 5.75 Å². The Morgan fingerprint density at radius 2 is 1.34 bits per heavy atom. The number of Topliss-reactive ketones (excluding diaryl/α,β-unsaturated/α-hetero) is 1. The molecule has 2 nitrogen and oxygen atoms in total. The number of rotatable bonds is 4. The molecule has 0 atom stereocenters. The highest BCUT2D eigenvalue weighted by atomic mass is 28.4. The van der Waals surface area contributed by atoms with Crippen LogP contribution in [-0.4, -0.2) is 14.1 Å².